The first-order chi connectivity index (χ1) is 15.9. The number of halogens is 2. The average Bonchev–Trinajstić information content (AvgIpc) is 3.22. The summed E-state index contributed by atoms with van der Waals surface area (Å²) < 4.78 is 1.92. The fourth-order valence-electron chi connectivity index (χ4n) is 3.66. The highest BCUT2D eigenvalue weighted by Crippen LogP contribution is 2.29. The van der Waals surface area contributed by atoms with Crippen molar-refractivity contribution < 1.29 is 9.59 Å². The Bertz CT molecular complexity index is 1150. The number of carbonyl (C=O) groups excluding carboxylic acids is 2. The number of hydrogen-bond acceptors (Lipinski definition) is 5. The van der Waals surface area contributed by atoms with Crippen LogP contribution in [0.4, 0.5) is 0 Å². The van der Waals surface area contributed by atoms with Gasteiger partial charge in [-0.3, -0.25) is 14.2 Å². The van der Waals surface area contributed by atoms with E-state index in [1.165, 1.54) is 11.8 Å². The van der Waals surface area contributed by atoms with Crippen LogP contribution in [0.5, 0.6) is 0 Å². The van der Waals surface area contributed by atoms with E-state index >= 15 is 0 Å². The van der Waals surface area contributed by atoms with E-state index in [9.17, 15) is 9.59 Å². The molecule has 1 aliphatic heterocycles. The molecule has 4 rings (SSSR count). The van der Waals surface area contributed by atoms with Crippen molar-refractivity contribution in [2.24, 2.45) is 0 Å². The van der Waals surface area contributed by atoms with Gasteiger partial charge in [-0.25, -0.2) is 0 Å². The summed E-state index contributed by atoms with van der Waals surface area (Å²) in [5.74, 6) is 1.02. The number of piperazine rings is 1. The third-order valence-electron chi connectivity index (χ3n) is 5.47. The lowest BCUT2D eigenvalue weighted by atomic mass is 10.1. The second-order valence-electron chi connectivity index (χ2n) is 7.67. The lowest BCUT2D eigenvalue weighted by Gasteiger charge is -2.34. The van der Waals surface area contributed by atoms with Gasteiger partial charge in [0.2, 0.25) is 11.8 Å². The average molecular weight is 504 g/mol. The molecule has 10 heteroatoms. The molecule has 0 spiro atoms. The Morgan fingerprint density at radius 2 is 1.64 bits per heavy atom. The van der Waals surface area contributed by atoms with Gasteiger partial charge in [-0.05, 0) is 23.8 Å². The zero-order valence-electron chi connectivity index (χ0n) is 18.1. The van der Waals surface area contributed by atoms with Crippen LogP contribution >= 0.6 is 35.0 Å². The monoisotopic (exact) mass is 503 g/mol. The van der Waals surface area contributed by atoms with Gasteiger partial charge >= 0.3 is 0 Å². The topological polar surface area (TPSA) is 71.3 Å². The van der Waals surface area contributed by atoms with Crippen LogP contribution in [-0.2, 0) is 16.0 Å². The van der Waals surface area contributed by atoms with E-state index in [0.717, 1.165) is 17.1 Å². The normalized spacial score (nSPS) is 13.9. The summed E-state index contributed by atoms with van der Waals surface area (Å²) in [6.07, 6.45) is 0.579. The van der Waals surface area contributed by atoms with Crippen LogP contribution in [0.2, 0.25) is 10.0 Å². The molecule has 2 aromatic carbocycles. The van der Waals surface area contributed by atoms with E-state index in [-0.39, 0.29) is 17.6 Å². The fourth-order valence-corrected chi connectivity index (χ4v) is 4.82. The predicted octanol–water partition coefficient (Wildman–Crippen LogP) is 3.95. The van der Waals surface area contributed by atoms with Crippen LogP contribution in [0, 0.1) is 0 Å². The summed E-state index contributed by atoms with van der Waals surface area (Å²) >= 11 is 13.7. The highest BCUT2D eigenvalue weighted by atomic mass is 35.5. The Kier molecular flexibility index (Phi) is 7.57. The first-order valence-electron chi connectivity index (χ1n) is 10.5. The maximum Gasteiger partial charge on any atom is 0.233 e. The van der Waals surface area contributed by atoms with Crippen LogP contribution < -0.4 is 0 Å². The molecule has 0 N–H and O–H groups in total. The number of thioether (sulfide) groups is 1. The molecule has 0 radical (unpaired) electrons. The molecule has 1 aromatic heterocycles. The summed E-state index contributed by atoms with van der Waals surface area (Å²) in [6.45, 7) is 3.75. The highest BCUT2D eigenvalue weighted by Gasteiger charge is 2.23. The van der Waals surface area contributed by atoms with Gasteiger partial charge in [-0.1, -0.05) is 65.3 Å². The smallest absolute Gasteiger partial charge is 0.233 e. The quantitative estimate of drug-likeness (QED) is 0.476. The Hall–Kier alpha value is -2.55. The van der Waals surface area contributed by atoms with Crippen LogP contribution in [0.25, 0.3) is 5.69 Å². The molecule has 2 heterocycles. The molecule has 3 aromatic rings. The molecular formula is C23H23Cl2N5O2S. The molecule has 7 nitrogen and oxygen atoms in total. The van der Waals surface area contributed by atoms with Gasteiger partial charge in [0.25, 0.3) is 0 Å². The largest absolute Gasteiger partial charge is 0.339 e. The predicted molar refractivity (Wildman–Crippen MR) is 130 cm³/mol. The number of nitrogens with zero attached hydrogens (tertiary/aromatic N) is 5. The van der Waals surface area contributed by atoms with Crippen LogP contribution in [0.15, 0.2) is 53.7 Å². The van der Waals surface area contributed by atoms with E-state index in [2.05, 4.69) is 10.2 Å². The van der Waals surface area contributed by atoms with Crippen molar-refractivity contribution in [2.75, 3.05) is 31.9 Å². The Labute approximate surface area is 206 Å². The van der Waals surface area contributed by atoms with Gasteiger partial charge in [-0.2, -0.15) is 0 Å². The number of carbonyl (C=O) groups is 2. The van der Waals surface area contributed by atoms with Crippen molar-refractivity contribution in [3.05, 3.63) is 70.0 Å². The second-order valence-corrected chi connectivity index (χ2v) is 9.43. The fraction of sp³-hybridized carbons (Fsp3) is 0.304. The van der Waals surface area contributed by atoms with Gasteiger partial charge in [0.05, 0.1) is 21.5 Å². The molecule has 0 aliphatic carbocycles. The second kappa shape index (κ2) is 10.6. The Morgan fingerprint density at radius 1 is 0.939 bits per heavy atom. The number of benzene rings is 2. The molecule has 1 saturated heterocycles. The van der Waals surface area contributed by atoms with E-state index in [4.69, 9.17) is 23.2 Å². The molecule has 1 aliphatic rings. The first-order valence-corrected chi connectivity index (χ1v) is 12.3. The molecule has 33 heavy (non-hydrogen) atoms. The lowest BCUT2D eigenvalue weighted by Crippen LogP contribution is -2.50. The number of aromatic nitrogens is 3. The minimum Gasteiger partial charge on any atom is -0.339 e. The molecule has 172 valence electrons. The maximum atomic E-state index is 12.8. The van der Waals surface area contributed by atoms with Crippen molar-refractivity contribution in [3.63, 3.8) is 0 Å². The van der Waals surface area contributed by atoms with Gasteiger partial charge in [-0.15, -0.1) is 10.2 Å². The highest BCUT2D eigenvalue weighted by molar-refractivity contribution is 7.99. The molecular weight excluding hydrogens is 481 g/mol. The van der Waals surface area contributed by atoms with Gasteiger partial charge in [0, 0.05) is 39.5 Å². The third-order valence-corrected chi connectivity index (χ3v) is 7.12. The van der Waals surface area contributed by atoms with Crippen molar-refractivity contribution in [1.29, 1.82) is 0 Å². The van der Waals surface area contributed by atoms with E-state index in [1.54, 1.807) is 28.9 Å². The Balaban J connectivity index is 1.53. The molecule has 0 atom stereocenters. The molecule has 0 unspecified atom stereocenters. The number of rotatable bonds is 6. The van der Waals surface area contributed by atoms with Gasteiger partial charge in [0.1, 0.15) is 5.82 Å². The van der Waals surface area contributed by atoms with Crippen molar-refractivity contribution in [1.82, 2.24) is 24.6 Å². The van der Waals surface area contributed by atoms with Gasteiger partial charge in [0.15, 0.2) is 5.16 Å². The lowest BCUT2D eigenvalue weighted by molar-refractivity contribution is -0.136. The summed E-state index contributed by atoms with van der Waals surface area (Å²) in [6, 6.07) is 15.4. The third kappa shape index (κ3) is 5.69. The summed E-state index contributed by atoms with van der Waals surface area (Å²) in [4.78, 5) is 27.9. The molecule has 0 bridgehead atoms. The molecule has 0 saturated carbocycles. The van der Waals surface area contributed by atoms with Crippen LogP contribution in [0.1, 0.15) is 18.3 Å². The Morgan fingerprint density at radius 3 is 2.30 bits per heavy atom. The number of hydrogen-bond donors (Lipinski definition) is 0. The van der Waals surface area contributed by atoms with Crippen molar-refractivity contribution >= 4 is 46.8 Å². The zero-order valence-corrected chi connectivity index (χ0v) is 20.4. The van der Waals surface area contributed by atoms with Crippen LogP contribution in [-0.4, -0.2) is 68.3 Å². The molecule has 2 amide bonds. The first kappa shape index (κ1) is 23.6. The minimum absolute atomic E-state index is 0.0106. The minimum atomic E-state index is 0.0106. The standard InChI is InChI=1S/C23H23Cl2N5O2S/c1-16(31)28-9-11-29(12-10-28)22(32)15-33-23-27-26-21(13-17-5-3-2-4-6-17)30(23)18-7-8-19(24)20(25)14-18/h2-8,14H,9-13,15H2,1H3. The molecule has 1 fully saturated rings. The van der Waals surface area contributed by atoms with E-state index in [1.807, 2.05) is 41.0 Å². The van der Waals surface area contributed by atoms with Crippen molar-refractivity contribution in [2.45, 2.75) is 18.5 Å². The summed E-state index contributed by atoms with van der Waals surface area (Å²) in [5.41, 5.74) is 1.88. The summed E-state index contributed by atoms with van der Waals surface area (Å²) in [7, 11) is 0. The van der Waals surface area contributed by atoms with Gasteiger partial charge < -0.3 is 9.80 Å². The zero-order chi connectivity index (χ0) is 23.4. The summed E-state index contributed by atoms with van der Waals surface area (Å²) in [5, 5.41) is 10.3. The number of amides is 2. The van der Waals surface area contributed by atoms with E-state index < -0.39 is 0 Å². The SMILES string of the molecule is CC(=O)N1CCN(C(=O)CSc2nnc(Cc3ccccc3)n2-c2ccc(Cl)c(Cl)c2)CC1. The van der Waals surface area contributed by atoms with Crippen LogP contribution in [0.3, 0.4) is 0 Å². The van der Waals surface area contributed by atoms with E-state index in [0.29, 0.717) is 47.8 Å². The van der Waals surface area contributed by atoms with Crippen molar-refractivity contribution in [3.8, 4) is 5.69 Å². The maximum absolute atomic E-state index is 12.8.